The van der Waals surface area contributed by atoms with Crippen LogP contribution in [0, 0.1) is 24.0 Å². The smallest absolute Gasteiger partial charge is 0.258 e. The van der Waals surface area contributed by atoms with Crippen molar-refractivity contribution in [3.05, 3.63) is 171 Å². The van der Waals surface area contributed by atoms with Crippen LogP contribution in [0.4, 0.5) is 17.1 Å². The molecule has 0 saturated carbocycles. The highest BCUT2D eigenvalue weighted by atomic mass is 32.2. The van der Waals surface area contributed by atoms with Gasteiger partial charge in [0.2, 0.25) is 4.99 Å². The maximum Gasteiger partial charge on any atom is 0.269 e. The van der Waals surface area contributed by atoms with Gasteiger partial charge in [-0.3, -0.25) is 10.1 Å². The number of para-hydroxylation sites is 1. The van der Waals surface area contributed by atoms with Crippen molar-refractivity contribution in [3.8, 4) is 0 Å². The van der Waals surface area contributed by atoms with Gasteiger partial charge in [0.25, 0.3) is 5.69 Å². The van der Waals surface area contributed by atoms with E-state index in [1.807, 2.05) is 65.7 Å². The van der Waals surface area contributed by atoms with Crippen LogP contribution in [-0.2, 0) is 4.99 Å². The van der Waals surface area contributed by atoms with Crippen LogP contribution < -0.4 is 10.0 Å². The molecule has 7 nitrogen and oxygen atoms in total. The number of nitrogens with zero attached hydrogens (tertiary/aromatic N) is 5. The maximum absolute atomic E-state index is 11.5. The molecular formula is C35H27N5O2S. The molecule has 2 heterocycles. The molecule has 43 heavy (non-hydrogen) atoms. The van der Waals surface area contributed by atoms with E-state index in [0.29, 0.717) is 5.69 Å². The third-order valence-corrected chi connectivity index (χ3v) is 9.07. The van der Waals surface area contributed by atoms with Gasteiger partial charge in [-0.2, -0.15) is 10.2 Å². The number of hydrazone groups is 2. The number of nitro groups is 1. The summed E-state index contributed by atoms with van der Waals surface area (Å²) >= 11 is 1.61. The molecule has 210 valence electrons. The van der Waals surface area contributed by atoms with E-state index in [1.54, 1.807) is 23.9 Å². The summed E-state index contributed by atoms with van der Waals surface area (Å²) in [5.74, 6) is 0. The second-order valence-corrected chi connectivity index (χ2v) is 11.7. The Morgan fingerprint density at radius 2 is 1.33 bits per heavy atom. The molecule has 0 saturated heterocycles. The summed E-state index contributed by atoms with van der Waals surface area (Å²) in [6, 6.07) is 41.5. The molecule has 2 aliphatic rings. The quantitative estimate of drug-likeness (QED) is 0.154. The molecule has 0 N–H and O–H groups in total. The van der Waals surface area contributed by atoms with Gasteiger partial charge in [-0.1, -0.05) is 90.5 Å². The van der Waals surface area contributed by atoms with E-state index >= 15 is 0 Å². The topological polar surface area (TPSA) is 74.3 Å². The molecule has 0 aliphatic carbocycles. The Morgan fingerprint density at radius 3 is 2.05 bits per heavy atom. The summed E-state index contributed by atoms with van der Waals surface area (Å²) in [5.41, 5.74) is 8.87. The van der Waals surface area contributed by atoms with Gasteiger partial charge in [0, 0.05) is 34.4 Å². The summed E-state index contributed by atoms with van der Waals surface area (Å²) in [6.45, 7) is 4.21. The van der Waals surface area contributed by atoms with Crippen molar-refractivity contribution in [3.63, 3.8) is 0 Å². The minimum absolute atomic E-state index is 0.0242. The number of non-ortho nitro benzene ring substituents is 1. The lowest BCUT2D eigenvalue weighted by Crippen LogP contribution is -2.54. The lowest BCUT2D eigenvalue weighted by molar-refractivity contribution is -0.384. The number of hydrogen-bond acceptors (Lipinski definition) is 7. The van der Waals surface area contributed by atoms with Crippen molar-refractivity contribution in [2.75, 3.05) is 10.0 Å². The fraction of sp³-hybridized carbons (Fsp3) is 0.0857. The fourth-order valence-corrected chi connectivity index (χ4v) is 7.01. The molecule has 7 rings (SSSR count). The van der Waals surface area contributed by atoms with Crippen LogP contribution in [0.2, 0.25) is 0 Å². The van der Waals surface area contributed by atoms with Crippen LogP contribution in [0.25, 0.3) is 0 Å². The molecule has 1 atom stereocenters. The Hall–Kier alpha value is -5.21. The second-order valence-electron chi connectivity index (χ2n) is 10.5. The van der Waals surface area contributed by atoms with Crippen LogP contribution in [0.15, 0.2) is 138 Å². The van der Waals surface area contributed by atoms with Crippen molar-refractivity contribution in [2.24, 2.45) is 10.2 Å². The summed E-state index contributed by atoms with van der Waals surface area (Å²) < 4.78 is 0. The first-order valence-electron chi connectivity index (χ1n) is 13.9. The zero-order valence-corrected chi connectivity index (χ0v) is 24.4. The van der Waals surface area contributed by atoms with Crippen LogP contribution in [0.1, 0.15) is 33.4 Å². The van der Waals surface area contributed by atoms with E-state index in [2.05, 4.69) is 61.3 Å². The standard InChI is InChI=1S/C35H27N5O2S/c1-24-17-18-25(2)31(23-24)33-30-15-9-10-16-32(30)35(38(36-33)27-13-7-4-8-14-27)39(28-19-21-29(22-20-28)40(41)42)37-34(43-35)26-11-5-3-6-12-26/h3-23H,1-2H3. The highest BCUT2D eigenvalue weighted by molar-refractivity contribution is 8.15. The van der Waals surface area contributed by atoms with Gasteiger partial charge in [-0.05, 0) is 61.5 Å². The normalized spacial score (nSPS) is 17.4. The van der Waals surface area contributed by atoms with Crippen LogP contribution in [0.5, 0.6) is 0 Å². The minimum atomic E-state index is -0.972. The largest absolute Gasteiger partial charge is 0.269 e. The number of thioether (sulfide) groups is 1. The zero-order chi connectivity index (χ0) is 29.6. The van der Waals surface area contributed by atoms with Gasteiger partial charge >= 0.3 is 0 Å². The summed E-state index contributed by atoms with van der Waals surface area (Å²) in [6.07, 6.45) is 0. The predicted octanol–water partition coefficient (Wildman–Crippen LogP) is 8.21. The Kier molecular flexibility index (Phi) is 6.55. The highest BCUT2D eigenvalue weighted by Gasteiger charge is 2.55. The van der Waals surface area contributed by atoms with E-state index in [9.17, 15) is 10.1 Å². The van der Waals surface area contributed by atoms with Crippen molar-refractivity contribution in [1.82, 2.24) is 0 Å². The van der Waals surface area contributed by atoms with Gasteiger partial charge in [-0.15, -0.1) is 0 Å². The first-order valence-corrected chi connectivity index (χ1v) is 14.8. The molecule has 0 radical (unpaired) electrons. The first-order chi connectivity index (χ1) is 21.0. The number of nitro benzene ring substituents is 1. The second kappa shape index (κ2) is 10.6. The molecule has 0 bridgehead atoms. The van der Waals surface area contributed by atoms with Crippen LogP contribution in [0.3, 0.4) is 0 Å². The van der Waals surface area contributed by atoms with Crippen molar-refractivity contribution >= 4 is 39.6 Å². The molecule has 2 aliphatic heterocycles. The summed E-state index contributed by atoms with van der Waals surface area (Å²) in [7, 11) is 0. The number of anilines is 2. The van der Waals surface area contributed by atoms with Gasteiger partial charge < -0.3 is 0 Å². The zero-order valence-electron chi connectivity index (χ0n) is 23.6. The average Bonchev–Trinajstić information content (AvgIpc) is 3.44. The third-order valence-electron chi connectivity index (χ3n) is 7.71. The molecule has 0 amide bonds. The average molecular weight is 582 g/mol. The molecule has 1 unspecified atom stereocenters. The molecule has 8 heteroatoms. The highest BCUT2D eigenvalue weighted by Crippen LogP contribution is 2.55. The number of rotatable bonds is 5. The molecule has 0 fully saturated rings. The maximum atomic E-state index is 11.5. The Labute approximate surface area is 253 Å². The molecule has 5 aromatic carbocycles. The van der Waals surface area contributed by atoms with Gasteiger partial charge in [0.15, 0.2) is 0 Å². The van der Waals surface area contributed by atoms with Crippen LogP contribution in [-0.4, -0.2) is 15.7 Å². The van der Waals surface area contributed by atoms with Crippen molar-refractivity contribution in [2.45, 2.75) is 18.8 Å². The van der Waals surface area contributed by atoms with E-state index in [-0.39, 0.29) is 10.6 Å². The predicted molar refractivity (Wildman–Crippen MR) is 175 cm³/mol. The van der Waals surface area contributed by atoms with Crippen molar-refractivity contribution in [1.29, 1.82) is 0 Å². The summed E-state index contributed by atoms with van der Waals surface area (Å²) in [4.78, 5) is 10.2. The van der Waals surface area contributed by atoms with Gasteiger partial charge in [0.1, 0.15) is 5.04 Å². The lowest BCUT2D eigenvalue weighted by atomic mass is 9.90. The van der Waals surface area contributed by atoms with Crippen molar-refractivity contribution < 1.29 is 4.92 Å². The van der Waals surface area contributed by atoms with E-state index in [0.717, 1.165) is 49.8 Å². The number of hydrogen-bond donors (Lipinski definition) is 0. The van der Waals surface area contributed by atoms with E-state index < -0.39 is 4.99 Å². The monoisotopic (exact) mass is 581 g/mol. The minimum Gasteiger partial charge on any atom is -0.258 e. The Bertz CT molecular complexity index is 1910. The van der Waals surface area contributed by atoms with Gasteiger partial charge in [0.05, 0.1) is 22.0 Å². The number of fused-ring (bicyclic) bond motifs is 2. The SMILES string of the molecule is Cc1ccc(C)c(C2=NN(c3ccccc3)C3(SC(c4ccccc4)=NN3c3ccc([N+](=O)[O-])cc3)c3ccccc32)c1. The van der Waals surface area contributed by atoms with E-state index in [1.165, 1.54) is 12.1 Å². The molecule has 1 spiro atoms. The molecule has 0 aromatic heterocycles. The molecular weight excluding hydrogens is 554 g/mol. The van der Waals surface area contributed by atoms with Gasteiger partial charge in [-0.25, -0.2) is 10.0 Å². The molecule has 5 aromatic rings. The Balaban J connectivity index is 1.52. The number of benzene rings is 5. The first kappa shape index (κ1) is 26.7. The summed E-state index contributed by atoms with van der Waals surface area (Å²) in [5, 5.41) is 27.0. The Morgan fingerprint density at radius 1 is 0.698 bits per heavy atom. The number of aryl methyl sites for hydroxylation is 2. The lowest BCUT2D eigenvalue weighted by Gasteiger charge is -2.47. The third kappa shape index (κ3) is 4.47. The fourth-order valence-electron chi connectivity index (χ4n) is 5.61. The van der Waals surface area contributed by atoms with E-state index in [4.69, 9.17) is 10.2 Å². The van der Waals surface area contributed by atoms with Crippen LogP contribution >= 0.6 is 11.8 Å².